The van der Waals surface area contributed by atoms with E-state index in [2.05, 4.69) is 63.2 Å². The number of piperidine rings is 1. The van der Waals surface area contributed by atoms with Crippen LogP contribution in [0.3, 0.4) is 0 Å². The first-order chi connectivity index (χ1) is 13.1. The SMILES string of the molecule is Cc1cc(I)ccc1Nc1ccccc1C(=O)NCCCN1CCCCC1. The minimum Gasteiger partial charge on any atom is -0.355 e. The fourth-order valence-electron chi connectivity index (χ4n) is 3.49. The lowest BCUT2D eigenvalue weighted by Crippen LogP contribution is -2.33. The summed E-state index contributed by atoms with van der Waals surface area (Å²) in [6.07, 6.45) is 4.97. The van der Waals surface area contributed by atoms with Gasteiger partial charge >= 0.3 is 0 Å². The van der Waals surface area contributed by atoms with E-state index in [1.165, 1.54) is 41.5 Å². The molecule has 0 bridgehead atoms. The highest BCUT2D eigenvalue weighted by molar-refractivity contribution is 14.1. The van der Waals surface area contributed by atoms with Crippen molar-refractivity contribution in [1.29, 1.82) is 0 Å². The molecule has 3 rings (SSSR count). The summed E-state index contributed by atoms with van der Waals surface area (Å²) >= 11 is 2.31. The Morgan fingerprint density at radius 1 is 1.07 bits per heavy atom. The Morgan fingerprint density at radius 3 is 2.63 bits per heavy atom. The van der Waals surface area contributed by atoms with Gasteiger partial charge in [-0.3, -0.25) is 4.79 Å². The number of nitrogens with zero attached hydrogens (tertiary/aromatic N) is 1. The number of hydrogen-bond acceptors (Lipinski definition) is 3. The average Bonchev–Trinajstić information content (AvgIpc) is 2.68. The Balaban J connectivity index is 1.56. The first kappa shape index (κ1) is 20.1. The predicted octanol–water partition coefficient (Wildman–Crippen LogP) is 4.95. The van der Waals surface area contributed by atoms with Crippen molar-refractivity contribution in [2.75, 3.05) is 31.5 Å². The number of nitrogens with one attached hydrogen (secondary N) is 2. The quantitative estimate of drug-likeness (QED) is 0.438. The lowest BCUT2D eigenvalue weighted by atomic mass is 10.1. The normalized spacial score (nSPS) is 14.7. The average molecular weight is 477 g/mol. The van der Waals surface area contributed by atoms with Gasteiger partial charge in [-0.25, -0.2) is 0 Å². The van der Waals surface area contributed by atoms with Crippen LogP contribution in [0.25, 0.3) is 0 Å². The van der Waals surface area contributed by atoms with Crippen LogP contribution in [0.1, 0.15) is 41.6 Å². The third kappa shape index (κ3) is 5.94. The van der Waals surface area contributed by atoms with Crippen molar-refractivity contribution in [1.82, 2.24) is 10.2 Å². The Labute approximate surface area is 175 Å². The molecule has 5 heteroatoms. The lowest BCUT2D eigenvalue weighted by Gasteiger charge is -2.26. The number of amides is 1. The van der Waals surface area contributed by atoms with Crippen LogP contribution in [0.2, 0.25) is 0 Å². The van der Waals surface area contributed by atoms with E-state index >= 15 is 0 Å². The van der Waals surface area contributed by atoms with Crippen molar-refractivity contribution in [3.05, 3.63) is 57.2 Å². The van der Waals surface area contributed by atoms with E-state index in [1.807, 2.05) is 24.3 Å². The molecule has 2 aromatic rings. The highest BCUT2D eigenvalue weighted by Gasteiger charge is 2.13. The molecule has 0 atom stereocenters. The number of halogens is 1. The molecule has 0 saturated carbocycles. The summed E-state index contributed by atoms with van der Waals surface area (Å²) in [4.78, 5) is 15.2. The number of aryl methyl sites for hydroxylation is 1. The Morgan fingerprint density at radius 2 is 1.85 bits per heavy atom. The van der Waals surface area contributed by atoms with Gasteiger partial charge in [0.15, 0.2) is 0 Å². The van der Waals surface area contributed by atoms with Gasteiger partial charge < -0.3 is 15.5 Å². The van der Waals surface area contributed by atoms with Crippen LogP contribution in [0.5, 0.6) is 0 Å². The van der Waals surface area contributed by atoms with E-state index in [-0.39, 0.29) is 5.91 Å². The van der Waals surface area contributed by atoms with Gasteiger partial charge in [-0.05, 0) is 104 Å². The largest absolute Gasteiger partial charge is 0.355 e. The molecule has 0 aliphatic carbocycles. The van der Waals surface area contributed by atoms with Crippen molar-refractivity contribution in [2.45, 2.75) is 32.6 Å². The molecule has 0 unspecified atom stereocenters. The van der Waals surface area contributed by atoms with Crippen molar-refractivity contribution in [3.63, 3.8) is 0 Å². The van der Waals surface area contributed by atoms with Gasteiger partial charge in [-0.2, -0.15) is 0 Å². The summed E-state index contributed by atoms with van der Waals surface area (Å²) < 4.78 is 1.20. The zero-order valence-electron chi connectivity index (χ0n) is 15.9. The lowest BCUT2D eigenvalue weighted by molar-refractivity contribution is 0.0952. The molecule has 1 aliphatic heterocycles. The maximum absolute atomic E-state index is 12.7. The molecule has 2 aromatic carbocycles. The van der Waals surface area contributed by atoms with Gasteiger partial charge in [0.1, 0.15) is 0 Å². The monoisotopic (exact) mass is 477 g/mol. The number of para-hydroxylation sites is 1. The number of benzene rings is 2. The summed E-state index contributed by atoms with van der Waals surface area (Å²) in [6.45, 7) is 6.27. The second-order valence-corrected chi connectivity index (χ2v) is 8.39. The molecule has 1 heterocycles. The number of hydrogen-bond donors (Lipinski definition) is 2. The number of carbonyl (C=O) groups is 1. The summed E-state index contributed by atoms with van der Waals surface area (Å²) in [6, 6.07) is 14.0. The third-order valence-electron chi connectivity index (χ3n) is 5.01. The number of likely N-dealkylation sites (tertiary alicyclic amines) is 1. The maximum atomic E-state index is 12.7. The van der Waals surface area contributed by atoms with Crippen molar-refractivity contribution < 1.29 is 4.79 Å². The summed E-state index contributed by atoms with van der Waals surface area (Å²) in [5.41, 5.74) is 3.73. The minimum atomic E-state index is -0.0140. The summed E-state index contributed by atoms with van der Waals surface area (Å²) in [7, 11) is 0. The molecule has 1 fully saturated rings. The highest BCUT2D eigenvalue weighted by Crippen LogP contribution is 2.25. The van der Waals surface area contributed by atoms with Crippen LogP contribution >= 0.6 is 22.6 Å². The van der Waals surface area contributed by atoms with E-state index in [0.717, 1.165) is 24.3 Å². The molecule has 2 N–H and O–H groups in total. The fraction of sp³-hybridized carbons (Fsp3) is 0.409. The number of carbonyl (C=O) groups excluding carboxylic acids is 1. The van der Waals surface area contributed by atoms with Crippen molar-refractivity contribution >= 4 is 39.9 Å². The van der Waals surface area contributed by atoms with Crippen LogP contribution in [0, 0.1) is 10.5 Å². The van der Waals surface area contributed by atoms with E-state index in [4.69, 9.17) is 0 Å². The van der Waals surface area contributed by atoms with Gasteiger partial charge in [0.05, 0.1) is 11.3 Å². The minimum absolute atomic E-state index is 0.0140. The van der Waals surface area contributed by atoms with Crippen molar-refractivity contribution in [3.8, 4) is 0 Å². The van der Waals surface area contributed by atoms with Crippen molar-refractivity contribution in [2.24, 2.45) is 0 Å². The molecule has 1 amide bonds. The second kappa shape index (κ2) is 10.1. The van der Waals surface area contributed by atoms with Crippen LogP contribution in [0.15, 0.2) is 42.5 Å². The van der Waals surface area contributed by atoms with Crippen LogP contribution in [-0.4, -0.2) is 37.0 Å². The van der Waals surface area contributed by atoms with Gasteiger partial charge in [-0.15, -0.1) is 0 Å². The Kier molecular flexibility index (Phi) is 7.52. The molecule has 0 radical (unpaired) electrons. The first-order valence-electron chi connectivity index (χ1n) is 9.76. The Bertz CT molecular complexity index is 772. The topological polar surface area (TPSA) is 44.4 Å². The number of rotatable bonds is 7. The predicted molar refractivity (Wildman–Crippen MR) is 121 cm³/mol. The van der Waals surface area contributed by atoms with Gasteiger partial charge in [-0.1, -0.05) is 18.6 Å². The summed E-state index contributed by atoms with van der Waals surface area (Å²) in [5, 5.41) is 6.50. The standard InChI is InChI=1S/C22H28IN3O/c1-17-16-18(23)10-11-20(17)25-21-9-4-3-8-19(21)22(27)24-12-7-15-26-13-5-2-6-14-26/h3-4,8-11,16,25H,2,5-7,12-15H2,1H3,(H,24,27). The van der Waals surface area contributed by atoms with Gasteiger partial charge in [0, 0.05) is 15.8 Å². The highest BCUT2D eigenvalue weighted by atomic mass is 127. The smallest absolute Gasteiger partial charge is 0.253 e. The van der Waals surface area contributed by atoms with E-state index < -0.39 is 0 Å². The zero-order valence-corrected chi connectivity index (χ0v) is 18.1. The molecule has 1 aliphatic rings. The molecule has 4 nitrogen and oxygen atoms in total. The molecular weight excluding hydrogens is 449 g/mol. The van der Waals surface area contributed by atoms with Gasteiger partial charge in [0.2, 0.25) is 0 Å². The molecule has 0 spiro atoms. The fourth-order valence-corrected chi connectivity index (χ4v) is 4.13. The van der Waals surface area contributed by atoms with E-state index in [0.29, 0.717) is 12.1 Å². The summed E-state index contributed by atoms with van der Waals surface area (Å²) in [5.74, 6) is -0.0140. The second-order valence-electron chi connectivity index (χ2n) is 7.14. The van der Waals surface area contributed by atoms with Crippen LogP contribution < -0.4 is 10.6 Å². The van der Waals surface area contributed by atoms with E-state index in [9.17, 15) is 4.79 Å². The molecule has 27 heavy (non-hydrogen) atoms. The van der Waals surface area contributed by atoms with Crippen LogP contribution in [-0.2, 0) is 0 Å². The molecule has 0 aromatic heterocycles. The van der Waals surface area contributed by atoms with E-state index in [1.54, 1.807) is 0 Å². The zero-order chi connectivity index (χ0) is 19.1. The first-order valence-corrected chi connectivity index (χ1v) is 10.8. The molecule has 144 valence electrons. The maximum Gasteiger partial charge on any atom is 0.253 e. The Hall–Kier alpha value is -1.60. The third-order valence-corrected chi connectivity index (χ3v) is 5.69. The van der Waals surface area contributed by atoms with Gasteiger partial charge in [0.25, 0.3) is 5.91 Å². The molecular formula is C22H28IN3O. The molecule has 1 saturated heterocycles. The van der Waals surface area contributed by atoms with Crippen LogP contribution in [0.4, 0.5) is 11.4 Å². The number of anilines is 2.